The van der Waals surface area contributed by atoms with E-state index in [0.29, 0.717) is 18.1 Å². The molecule has 2 amide bonds. The zero-order chi connectivity index (χ0) is 28.8. The highest BCUT2D eigenvalue weighted by Crippen LogP contribution is 2.37. The van der Waals surface area contributed by atoms with Crippen molar-refractivity contribution in [3.05, 3.63) is 59.2 Å². The lowest BCUT2D eigenvalue weighted by Crippen LogP contribution is -2.25. The molecule has 1 fully saturated rings. The summed E-state index contributed by atoms with van der Waals surface area (Å²) in [4.78, 5) is 28.7. The monoisotopic (exact) mass is 563 g/mol. The molecule has 0 bridgehead atoms. The molecule has 10 nitrogen and oxygen atoms in total. The summed E-state index contributed by atoms with van der Waals surface area (Å²) in [5.74, 6) is -1.16. The fourth-order valence-electron chi connectivity index (χ4n) is 3.84. The van der Waals surface area contributed by atoms with Crippen LogP contribution < -0.4 is 25.3 Å². The smallest absolute Gasteiger partial charge is 0.405 e. The number of aromatic nitrogens is 1. The number of nitrogens with zero attached hydrogens (tertiary/aromatic N) is 1. The molecule has 0 radical (unpaired) electrons. The van der Waals surface area contributed by atoms with E-state index in [2.05, 4.69) is 15.0 Å². The van der Waals surface area contributed by atoms with Crippen LogP contribution in [0.15, 0.2) is 40.8 Å². The van der Waals surface area contributed by atoms with Gasteiger partial charge >= 0.3 is 12.7 Å². The molecule has 3 aromatic rings. The van der Waals surface area contributed by atoms with Crippen molar-refractivity contribution >= 4 is 12.0 Å². The normalized spacial score (nSPS) is 13.6. The fraction of sp³-hybridized carbons (Fsp3) is 0.370. The summed E-state index contributed by atoms with van der Waals surface area (Å²) in [7, 11) is 0. The predicted molar refractivity (Wildman–Crippen MR) is 135 cm³/mol. The van der Waals surface area contributed by atoms with Gasteiger partial charge in [-0.15, -0.1) is 0 Å². The molecule has 13 heteroatoms. The van der Waals surface area contributed by atoms with Crippen LogP contribution in [0.2, 0.25) is 0 Å². The molecule has 4 rings (SSSR count). The Labute approximate surface area is 227 Å². The Balaban J connectivity index is 1.62. The topological polar surface area (TPSA) is 135 Å². The van der Waals surface area contributed by atoms with Crippen LogP contribution in [0.4, 0.5) is 18.0 Å². The van der Waals surface area contributed by atoms with Crippen molar-refractivity contribution in [2.75, 3.05) is 13.2 Å². The summed E-state index contributed by atoms with van der Waals surface area (Å²) in [6, 6.07) is 8.15. The molecule has 1 aliphatic rings. The van der Waals surface area contributed by atoms with Gasteiger partial charge in [0.1, 0.15) is 5.69 Å². The van der Waals surface area contributed by atoms with E-state index in [4.69, 9.17) is 24.4 Å². The highest BCUT2D eigenvalue weighted by molar-refractivity contribution is 5.97. The number of alkyl halides is 2. The third-order valence-electron chi connectivity index (χ3n) is 5.88. The van der Waals surface area contributed by atoms with Gasteiger partial charge in [-0.3, -0.25) is 4.79 Å². The molecule has 1 aliphatic carbocycles. The van der Waals surface area contributed by atoms with Gasteiger partial charge in [-0.2, -0.15) is 8.78 Å². The second-order valence-electron chi connectivity index (χ2n) is 8.94. The first kappa shape index (κ1) is 28.6. The number of nitrogens with two attached hydrogens (primary N) is 1. The summed E-state index contributed by atoms with van der Waals surface area (Å²) in [5, 5.41) is 2.63. The number of halogens is 3. The maximum absolute atomic E-state index is 14.2. The summed E-state index contributed by atoms with van der Waals surface area (Å²) < 4.78 is 66.6. The highest BCUT2D eigenvalue weighted by atomic mass is 19.3. The molecule has 3 N–H and O–H groups in total. The summed E-state index contributed by atoms with van der Waals surface area (Å²) >= 11 is 0. The minimum atomic E-state index is -3.05. The van der Waals surface area contributed by atoms with Gasteiger partial charge in [0.2, 0.25) is 5.89 Å². The van der Waals surface area contributed by atoms with E-state index in [-0.39, 0.29) is 53.3 Å². The van der Waals surface area contributed by atoms with E-state index < -0.39 is 30.5 Å². The summed E-state index contributed by atoms with van der Waals surface area (Å²) in [6.45, 7) is 0.378. The van der Waals surface area contributed by atoms with Crippen molar-refractivity contribution in [2.45, 2.75) is 45.9 Å². The molecule has 0 spiro atoms. The van der Waals surface area contributed by atoms with E-state index in [1.807, 2.05) is 0 Å². The van der Waals surface area contributed by atoms with Gasteiger partial charge in [0.15, 0.2) is 34.9 Å². The van der Waals surface area contributed by atoms with Crippen molar-refractivity contribution in [2.24, 2.45) is 11.7 Å². The number of hydrogen-bond acceptors (Lipinski definition) is 8. The molecule has 1 heterocycles. The third-order valence-corrected chi connectivity index (χ3v) is 5.88. The first-order chi connectivity index (χ1) is 19.2. The van der Waals surface area contributed by atoms with Gasteiger partial charge in [-0.25, -0.2) is 14.2 Å². The Kier molecular flexibility index (Phi) is 9.02. The number of amides is 2. The lowest BCUT2D eigenvalue weighted by Gasteiger charge is -2.13. The van der Waals surface area contributed by atoms with Crippen molar-refractivity contribution in [1.29, 1.82) is 0 Å². The first-order valence-electron chi connectivity index (χ1n) is 12.5. The largest absolute Gasteiger partial charge is 0.490 e. The van der Waals surface area contributed by atoms with Crippen LogP contribution >= 0.6 is 0 Å². The minimum Gasteiger partial charge on any atom is -0.490 e. The van der Waals surface area contributed by atoms with Crippen molar-refractivity contribution in [1.82, 2.24) is 10.3 Å². The number of ether oxygens (including phenoxy) is 4. The van der Waals surface area contributed by atoms with E-state index >= 15 is 0 Å². The predicted octanol–water partition coefficient (Wildman–Crippen LogP) is 5.36. The fourth-order valence-corrected chi connectivity index (χ4v) is 3.84. The molecule has 214 valence electrons. The van der Waals surface area contributed by atoms with E-state index in [1.54, 1.807) is 6.92 Å². The van der Waals surface area contributed by atoms with Crippen molar-refractivity contribution < 1.29 is 46.1 Å². The van der Waals surface area contributed by atoms with E-state index in [1.165, 1.54) is 43.3 Å². The lowest BCUT2D eigenvalue weighted by atomic mass is 10.1. The van der Waals surface area contributed by atoms with Gasteiger partial charge in [0.25, 0.3) is 5.91 Å². The molecular weight excluding hydrogens is 535 g/mol. The second kappa shape index (κ2) is 12.6. The Bertz CT molecular complexity index is 1360. The quantitative estimate of drug-likeness (QED) is 0.284. The van der Waals surface area contributed by atoms with Crippen LogP contribution in [0.1, 0.15) is 54.6 Å². The first-order valence-corrected chi connectivity index (χ1v) is 12.5. The van der Waals surface area contributed by atoms with Crippen LogP contribution in [0, 0.1) is 11.7 Å². The standard InChI is InChI=1S/C27H28F3N3O7/c1-3-36-23-17(5-4-6-18(23)28)24(34)32-12-19-22(14(2)38-27(31)35)40-25(33-19)16-9-10-20(39-26(29)30)21(11-16)37-13-15-7-8-15/h4-6,9-11,14-15,26H,3,7-8,12-13H2,1-2H3,(H2,31,35)(H,32,34). The Morgan fingerprint density at radius 1 is 1.18 bits per heavy atom. The lowest BCUT2D eigenvalue weighted by molar-refractivity contribution is -0.0515. The number of para-hydroxylation sites is 1. The molecule has 2 aromatic carbocycles. The number of benzene rings is 2. The van der Waals surface area contributed by atoms with Crippen molar-refractivity contribution in [3.63, 3.8) is 0 Å². The number of carbonyl (C=O) groups excluding carboxylic acids is 2. The average Bonchev–Trinajstić information content (AvgIpc) is 3.63. The maximum atomic E-state index is 14.2. The van der Waals surface area contributed by atoms with Crippen LogP contribution in [0.25, 0.3) is 11.5 Å². The van der Waals surface area contributed by atoms with E-state index in [0.717, 1.165) is 12.8 Å². The summed E-state index contributed by atoms with van der Waals surface area (Å²) in [5.41, 5.74) is 5.66. The Hall–Kier alpha value is -4.42. The number of hydrogen-bond donors (Lipinski definition) is 2. The number of nitrogens with one attached hydrogen (secondary N) is 1. The average molecular weight is 564 g/mol. The van der Waals surface area contributed by atoms with Crippen LogP contribution in [-0.2, 0) is 11.3 Å². The molecular formula is C27H28F3N3O7. The molecule has 1 atom stereocenters. The van der Waals surface area contributed by atoms with Gasteiger partial charge in [-0.05, 0) is 62.9 Å². The zero-order valence-corrected chi connectivity index (χ0v) is 21.7. The van der Waals surface area contributed by atoms with Crippen molar-refractivity contribution in [3.8, 4) is 28.7 Å². The Morgan fingerprint density at radius 2 is 1.95 bits per heavy atom. The molecule has 1 saturated carbocycles. The van der Waals surface area contributed by atoms with Crippen LogP contribution in [0.5, 0.6) is 17.2 Å². The SMILES string of the molecule is CCOc1c(F)cccc1C(=O)NCc1nc(-c2ccc(OC(F)F)c(OCC3CC3)c2)oc1C(C)OC(N)=O. The summed E-state index contributed by atoms with van der Waals surface area (Å²) in [6.07, 6.45) is -0.0818. The molecule has 40 heavy (non-hydrogen) atoms. The molecule has 1 aromatic heterocycles. The van der Waals surface area contributed by atoms with Gasteiger partial charge in [0.05, 0.1) is 25.3 Å². The number of primary amides is 1. The molecule has 0 saturated heterocycles. The van der Waals surface area contributed by atoms with Gasteiger partial charge < -0.3 is 34.4 Å². The number of rotatable bonds is 13. The van der Waals surface area contributed by atoms with Gasteiger partial charge in [0, 0.05) is 5.56 Å². The second-order valence-corrected chi connectivity index (χ2v) is 8.94. The third kappa shape index (κ3) is 7.16. The number of carbonyl (C=O) groups is 2. The van der Waals surface area contributed by atoms with Gasteiger partial charge in [-0.1, -0.05) is 6.07 Å². The van der Waals surface area contributed by atoms with E-state index in [9.17, 15) is 22.8 Å². The maximum Gasteiger partial charge on any atom is 0.405 e. The molecule has 1 unspecified atom stereocenters. The highest BCUT2D eigenvalue weighted by Gasteiger charge is 2.26. The van der Waals surface area contributed by atoms with Crippen LogP contribution in [-0.4, -0.2) is 36.8 Å². The Morgan fingerprint density at radius 3 is 2.62 bits per heavy atom. The van der Waals surface area contributed by atoms with Crippen LogP contribution in [0.3, 0.4) is 0 Å². The molecule has 0 aliphatic heterocycles. The number of oxazole rings is 1. The zero-order valence-electron chi connectivity index (χ0n) is 21.7. The minimum absolute atomic E-state index is 0.0272.